The largest absolute Gasteiger partial charge is 0.487 e. The number of nitrogens with zero attached hydrogens (tertiary/aromatic N) is 2. The Morgan fingerprint density at radius 1 is 1.45 bits per heavy atom. The lowest BCUT2D eigenvalue weighted by Crippen LogP contribution is -2.22. The topological polar surface area (TPSA) is 56.1 Å². The molecular formula is C15H17N3O2. The second kappa shape index (κ2) is 5.36. The minimum absolute atomic E-state index is 0.00989. The molecule has 0 aliphatic carbocycles. The second-order valence-corrected chi connectivity index (χ2v) is 4.96. The van der Waals surface area contributed by atoms with Crippen LogP contribution in [0.25, 0.3) is 0 Å². The molecule has 1 aromatic heterocycles. The summed E-state index contributed by atoms with van der Waals surface area (Å²) in [4.78, 5) is 15.9. The van der Waals surface area contributed by atoms with Crippen LogP contribution in [0.1, 0.15) is 28.0 Å². The number of carbonyl (C=O) groups excluding carboxylic acids is 1. The summed E-state index contributed by atoms with van der Waals surface area (Å²) in [6, 6.07) is 5.66. The van der Waals surface area contributed by atoms with Crippen molar-refractivity contribution in [2.24, 2.45) is 7.05 Å². The normalized spacial score (nSPS) is 14.3. The number of fused-ring (bicyclic) bond motifs is 1. The van der Waals surface area contributed by atoms with Gasteiger partial charge in [0.05, 0.1) is 18.2 Å². The van der Waals surface area contributed by atoms with Crippen molar-refractivity contribution in [3.63, 3.8) is 0 Å². The lowest BCUT2D eigenvalue weighted by Gasteiger charge is -2.10. The van der Waals surface area contributed by atoms with Crippen LogP contribution in [0.4, 0.5) is 0 Å². The minimum Gasteiger partial charge on any atom is -0.487 e. The van der Waals surface area contributed by atoms with Gasteiger partial charge in [0, 0.05) is 19.2 Å². The van der Waals surface area contributed by atoms with Gasteiger partial charge in [-0.2, -0.15) is 0 Å². The molecule has 2 aromatic rings. The van der Waals surface area contributed by atoms with E-state index in [1.807, 2.05) is 29.8 Å². The summed E-state index contributed by atoms with van der Waals surface area (Å²) in [6.45, 7) is 1.21. The van der Waals surface area contributed by atoms with Gasteiger partial charge in [0.2, 0.25) is 0 Å². The van der Waals surface area contributed by atoms with Gasteiger partial charge < -0.3 is 14.6 Å². The summed E-state index contributed by atoms with van der Waals surface area (Å²) in [6.07, 6.45) is 5.40. The third-order valence-electron chi connectivity index (χ3n) is 3.53. The lowest BCUT2D eigenvalue weighted by atomic mass is 10.0. The maximum absolute atomic E-state index is 11.8. The van der Waals surface area contributed by atoms with Crippen LogP contribution in [-0.4, -0.2) is 22.0 Å². The summed E-state index contributed by atoms with van der Waals surface area (Å²) in [5.41, 5.74) is 2.83. The molecule has 5 nitrogen and oxygen atoms in total. The maximum atomic E-state index is 11.8. The molecule has 0 bridgehead atoms. The second-order valence-electron chi connectivity index (χ2n) is 4.96. The Morgan fingerprint density at radius 2 is 2.35 bits per heavy atom. The van der Waals surface area contributed by atoms with Gasteiger partial charge in [-0.15, -0.1) is 0 Å². The number of benzene rings is 1. The number of amides is 1. The molecule has 104 valence electrons. The van der Waals surface area contributed by atoms with Gasteiger partial charge in [0.25, 0.3) is 5.91 Å². The minimum atomic E-state index is 0.00989. The number of aryl methyl sites for hydroxylation is 2. The van der Waals surface area contributed by atoms with E-state index < -0.39 is 0 Å². The molecule has 0 fully saturated rings. The molecule has 5 heteroatoms. The molecule has 2 heterocycles. The molecule has 0 spiro atoms. The van der Waals surface area contributed by atoms with Crippen molar-refractivity contribution in [3.05, 3.63) is 47.5 Å². The molecule has 1 aromatic carbocycles. The number of aromatic nitrogens is 2. The zero-order valence-corrected chi connectivity index (χ0v) is 11.4. The van der Waals surface area contributed by atoms with Gasteiger partial charge in [-0.1, -0.05) is 0 Å². The zero-order valence-electron chi connectivity index (χ0n) is 11.4. The first kappa shape index (κ1) is 12.7. The van der Waals surface area contributed by atoms with Crippen molar-refractivity contribution >= 4 is 5.91 Å². The highest BCUT2D eigenvalue weighted by atomic mass is 16.5. The van der Waals surface area contributed by atoms with Crippen molar-refractivity contribution in [1.29, 1.82) is 0 Å². The predicted molar refractivity (Wildman–Crippen MR) is 74.6 cm³/mol. The van der Waals surface area contributed by atoms with E-state index in [0.717, 1.165) is 42.0 Å². The Balaban J connectivity index is 1.77. The molecule has 1 aliphatic heterocycles. The Morgan fingerprint density at radius 3 is 3.15 bits per heavy atom. The summed E-state index contributed by atoms with van der Waals surface area (Å²) < 4.78 is 7.71. The monoisotopic (exact) mass is 271 g/mol. The molecule has 3 rings (SSSR count). The fraction of sp³-hybridized carbons (Fsp3) is 0.333. The van der Waals surface area contributed by atoms with Gasteiger partial charge in [-0.05, 0) is 36.6 Å². The first-order valence-electron chi connectivity index (χ1n) is 6.73. The molecule has 1 amide bonds. The smallest absolute Gasteiger partial charge is 0.251 e. The Bertz CT molecular complexity index is 634. The van der Waals surface area contributed by atoms with E-state index in [0.29, 0.717) is 6.61 Å². The van der Waals surface area contributed by atoms with Crippen LogP contribution in [0.2, 0.25) is 0 Å². The van der Waals surface area contributed by atoms with E-state index in [2.05, 4.69) is 10.3 Å². The van der Waals surface area contributed by atoms with Crippen molar-refractivity contribution in [3.8, 4) is 5.75 Å². The van der Waals surface area contributed by atoms with Gasteiger partial charge >= 0.3 is 0 Å². The van der Waals surface area contributed by atoms with Crippen LogP contribution in [-0.2, 0) is 20.1 Å². The van der Waals surface area contributed by atoms with Gasteiger partial charge in [-0.25, -0.2) is 4.98 Å². The van der Waals surface area contributed by atoms with Crippen molar-refractivity contribution in [1.82, 2.24) is 14.9 Å². The van der Waals surface area contributed by atoms with Crippen molar-refractivity contribution in [2.75, 3.05) is 6.54 Å². The highest BCUT2D eigenvalue weighted by Gasteiger charge is 2.15. The van der Waals surface area contributed by atoms with E-state index >= 15 is 0 Å². The molecule has 1 N–H and O–H groups in total. The maximum Gasteiger partial charge on any atom is 0.251 e. The van der Waals surface area contributed by atoms with Crippen LogP contribution in [0.3, 0.4) is 0 Å². The summed E-state index contributed by atoms with van der Waals surface area (Å²) in [7, 11) is 1.94. The number of hydrogen-bond acceptors (Lipinski definition) is 3. The molecule has 20 heavy (non-hydrogen) atoms. The summed E-state index contributed by atoms with van der Waals surface area (Å²) in [5, 5.41) is 2.89. The van der Waals surface area contributed by atoms with Crippen LogP contribution < -0.4 is 10.1 Å². The van der Waals surface area contributed by atoms with E-state index in [-0.39, 0.29) is 5.91 Å². The lowest BCUT2D eigenvalue weighted by molar-refractivity contribution is 0.0956. The average molecular weight is 271 g/mol. The fourth-order valence-electron chi connectivity index (χ4n) is 2.35. The SMILES string of the molecule is Cn1cncc1COc1ccc2c(c1)CCCNC2=O. The van der Waals surface area contributed by atoms with Crippen molar-refractivity contribution in [2.45, 2.75) is 19.4 Å². The number of rotatable bonds is 3. The van der Waals surface area contributed by atoms with E-state index in [1.165, 1.54) is 0 Å². The van der Waals surface area contributed by atoms with Crippen molar-refractivity contribution < 1.29 is 9.53 Å². The highest BCUT2D eigenvalue weighted by Crippen LogP contribution is 2.21. The standard InChI is InChI=1S/C15H17N3O2/c1-18-10-16-8-12(18)9-20-13-4-5-14-11(7-13)3-2-6-17-15(14)19/h4-5,7-8,10H,2-3,6,9H2,1H3,(H,17,19). The van der Waals surface area contributed by atoms with Crippen LogP contribution in [0.5, 0.6) is 5.75 Å². The van der Waals surface area contributed by atoms with E-state index in [9.17, 15) is 4.79 Å². The first-order valence-corrected chi connectivity index (χ1v) is 6.73. The van der Waals surface area contributed by atoms with Gasteiger partial charge in [0.15, 0.2) is 0 Å². The zero-order chi connectivity index (χ0) is 13.9. The molecule has 0 saturated heterocycles. The molecule has 0 atom stereocenters. The molecule has 0 saturated carbocycles. The van der Waals surface area contributed by atoms with E-state index in [4.69, 9.17) is 4.74 Å². The van der Waals surface area contributed by atoms with E-state index in [1.54, 1.807) is 12.5 Å². The molecule has 0 unspecified atom stereocenters. The summed E-state index contributed by atoms with van der Waals surface area (Å²) in [5.74, 6) is 0.801. The number of ether oxygens (including phenoxy) is 1. The number of hydrogen-bond donors (Lipinski definition) is 1. The Kier molecular flexibility index (Phi) is 3.41. The third-order valence-corrected chi connectivity index (χ3v) is 3.53. The highest BCUT2D eigenvalue weighted by molar-refractivity contribution is 5.96. The van der Waals surface area contributed by atoms with Gasteiger partial charge in [0.1, 0.15) is 12.4 Å². The molecular weight excluding hydrogens is 254 g/mol. The fourth-order valence-corrected chi connectivity index (χ4v) is 2.35. The third kappa shape index (κ3) is 2.52. The predicted octanol–water partition coefficient (Wildman–Crippen LogP) is 1.68. The number of imidazole rings is 1. The summed E-state index contributed by atoms with van der Waals surface area (Å²) >= 11 is 0. The Labute approximate surface area is 117 Å². The quantitative estimate of drug-likeness (QED) is 0.924. The van der Waals surface area contributed by atoms with Gasteiger partial charge in [-0.3, -0.25) is 4.79 Å². The first-order chi connectivity index (χ1) is 9.74. The number of carbonyl (C=O) groups is 1. The molecule has 0 radical (unpaired) electrons. The Hall–Kier alpha value is -2.30. The molecule has 1 aliphatic rings. The van der Waals surface area contributed by atoms with Crippen LogP contribution in [0, 0.1) is 0 Å². The average Bonchev–Trinajstić information content (AvgIpc) is 2.77. The number of nitrogens with one attached hydrogen (secondary N) is 1. The van der Waals surface area contributed by atoms with Crippen LogP contribution in [0.15, 0.2) is 30.7 Å². The van der Waals surface area contributed by atoms with Crippen LogP contribution >= 0.6 is 0 Å².